The highest BCUT2D eigenvalue weighted by molar-refractivity contribution is 5.83. The van der Waals surface area contributed by atoms with Crippen LogP contribution in [0.1, 0.15) is 20.8 Å². The van der Waals surface area contributed by atoms with Gasteiger partial charge in [0.2, 0.25) is 0 Å². The number of fused-ring (bicyclic) bond motifs is 1. The van der Waals surface area contributed by atoms with Gasteiger partial charge in [0.15, 0.2) is 0 Å². The number of nitrogens with zero attached hydrogens (tertiary/aromatic N) is 1. The van der Waals surface area contributed by atoms with Gasteiger partial charge in [-0.3, -0.25) is 0 Å². The summed E-state index contributed by atoms with van der Waals surface area (Å²) in [5.74, 6) is 0.880. The molecular weight excluding hydrogens is 198 g/mol. The number of aromatic nitrogens is 1. The molecule has 2 rings (SSSR count). The first-order valence-corrected chi connectivity index (χ1v) is 5.38. The fourth-order valence-electron chi connectivity index (χ4n) is 1.59. The molecule has 0 amide bonds. The SMILES string of the molecule is CC(C)(C)Nc1ccc2ccc(N)cc2n1. The largest absolute Gasteiger partial charge is 0.399 e. The lowest BCUT2D eigenvalue weighted by Crippen LogP contribution is -2.26. The van der Waals surface area contributed by atoms with Crippen molar-refractivity contribution < 1.29 is 0 Å². The molecule has 84 valence electrons. The molecule has 0 spiro atoms. The van der Waals surface area contributed by atoms with Crippen molar-refractivity contribution >= 4 is 22.4 Å². The van der Waals surface area contributed by atoms with E-state index in [0.29, 0.717) is 0 Å². The monoisotopic (exact) mass is 215 g/mol. The lowest BCUT2D eigenvalue weighted by molar-refractivity contribution is 0.631. The van der Waals surface area contributed by atoms with Gasteiger partial charge in [0, 0.05) is 16.6 Å². The third-order valence-corrected chi connectivity index (χ3v) is 2.22. The summed E-state index contributed by atoms with van der Waals surface area (Å²) < 4.78 is 0. The zero-order valence-corrected chi connectivity index (χ0v) is 9.91. The molecule has 0 fully saturated rings. The van der Waals surface area contributed by atoms with Crippen LogP contribution < -0.4 is 11.1 Å². The van der Waals surface area contributed by atoms with E-state index in [0.717, 1.165) is 22.4 Å². The smallest absolute Gasteiger partial charge is 0.127 e. The van der Waals surface area contributed by atoms with E-state index in [4.69, 9.17) is 5.73 Å². The van der Waals surface area contributed by atoms with Crippen LogP contribution in [0.2, 0.25) is 0 Å². The molecule has 3 heteroatoms. The molecular formula is C13H17N3. The Hall–Kier alpha value is -1.77. The normalized spacial score (nSPS) is 11.7. The van der Waals surface area contributed by atoms with Gasteiger partial charge in [-0.05, 0) is 45.0 Å². The quantitative estimate of drug-likeness (QED) is 0.719. The Labute approximate surface area is 95.7 Å². The van der Waals surface area contributed by atoms with E-state index in [-0.39, 0.29) is 5.54 Å². The van der Waals surface area contributed by atoms with E-state index >= 15 is 0 Å². The Morgan fingerprint density at radius 1 is 1.12 bits per heavy atom. The first-order chi connectivity index (χ1) is 7.44. The highest BCUT2D eigenvalue weighted by Gasteiger charge is 2.10. The van der Waals surface area contributed by atoms with Gasteiger partial charge >= 0.3 is 0 Å². The van der Waals surface area contributed by atoms with E-state index < -0.39 is 0 Å². The summed E-state index contributed by atoms with van der Waals surface area (Å²) in [6, 6.07) is 9.81. The highest BCUT2D eigenvalue weighted by Crippen LogP contribution is 2.19. The molecule has 0 atom stereocenters. The van der Waals surface area contributed by atoms with Gasteiger partial charge in [-0.25, -0.2) is 4.98 Å². The van der Waals surface area contributed by atoms with E-state index in [1.165, 1.54) is 0 Å². The molecule has 1 heterocycles. The fraction of sp³-hybridized carbons (Fsp3) is 0.308. The van der Waals surface area contributed by atoms with Crippen LogP contribution in [0.15, 0.2) is 30.3 Å². The second-order valence-electron chi connectivity index (χ2n) is 5.02. The molecule has 1 aromatic carbocycles. The molecule has 0 unspecified atom stereocenters. The third-order valence-electron chi connectivity index (χ3n) is 2.22. The summed E-state index contributed by atoms with van der Waals surface area (Å²) in [4.78, 5) is 4.53. The molecule has 2 aromatic rings. The molecule has 16 heavy (non-hydrogen) atoms. The maximum Gasteiger partial charge on any atom is 0.127 e. The number of nitrogens with one attached hydrogen (secondary N) is 1. The van der Waals surface area contributed by atoms with E-state index in [1.54, 1.807) is 0 Å². The second kappa shape index (κ2) is 3.67. The lowest BCUT2D eigenvalue weighted by atomic mass is 10.1. The fourth-order valence-corrected chi connectivity index (χ4v) is 1.59. The van der Waals surface area contributed by atoms with Crippen molar-refractivity contribution in [1.29, 1.82) is 0 Å². The van der Waals surface area contributed by atoms with Gasteiger partial charge in [-0.15, -0.1) is 0 Å². The summed E-state index contributed by atoms with van der Waals surface area (Å²) in [5.41, 5.74) is 7.42. The summed E-state index contributed by atoms with van der Waals surface area (Å²) >= 11 is 0. The third kappa shape index (κ3) is 2.42. The van der Waals surface area contributed by atoms with Crippen molar-refractivity contribution in [2.24, 2.45) is 0 Å². The van der Waals surface area contributed by atoms with Gasteiger partial charge in [0.25, 0.3) is 0 Å². The van der Waals surface area contributed by atoms with Gasteiger partial charge < -0.3 is 11.1 Å². The van der Waals surface area contributed by atoms with Gasteiger partial charge in [-0.2, -0.15) is 0 Å². The number of pyridine rings is 1. The minimum absolute atomic E-state index is 0.0149. The molecule has 0 bridgehead atoms. The highest BCUT2D eigenvalue weighted by atomic mass is 15.0. The average molecular weight is 215 g/mol. The average Bonchev–Trinajstić information content (AvgIpc) is 2.14. The number of nitrogen functional groups attached to an aromatic ring is 1. The van der Waals surface area contributed by atoms with Crippen LogP contribution in [0.25, 0.3) is 10.9 Å². The van der Waals surface area contributed by atoms with E-state index in [9.17, 15) is 0 Å². The number of hydrogen-bond acceptors (Lipinski definition) is 3. The van der Waals surface area contributed by atoms with Crippen LogP contribution in [0.4, 0.5) is 11.5 Å². The summed E-state index contributed by atoms with van der Waals surface area (Å²) in [7, 11) is 0. The molecule has 3 N–H and O–H groups in total. The van der Waals surface area contributed by atoms with Gasteiger partial charge in [0.1, 0.15) is 5.82 Å². The molecule has 0 saturated heterocycles. The van der Waals surface area contributed by atoms with Crippen LogP contribution in [-0.4, -0.2) is 10.5 Å². The summed E-state index contributed by atoms with van der Waals surface area (Å²) in [6.07, 6.45) is 0. The Kier molecular flexibility index (Phi) is 2.46. The van der Waals surface area contributed by atoms with Crippen LogP contribution in [0, 0.1) is 0 Å². The van der Waals surface area contributed by atoms with Crippen molar-refractivity contribution in [2.75, 3.05) is 11.1 Å². The molecule has 0 radical (unpaired) electrons. The number of hydrogen-bond donors (Lipinski definition) is 2. The lowest BCUT2D eigenvalue weighted by Gasteiger charge is -2.21. The molecule has 0 aliphatic heterocycles. The predicted molar refractivity (Wildman–Crippen MR) is 69.5 cm³/mol. The van der Waals surface area contributed by atoms with Crippen molar-refractivity contribution in [3.05, 3.63) is 30.3 Å². The van der Waals surface area contributed by atoms with Crippen molar-refractivity contribution in [3.63, 3.8) is 0 Å². The molecule has 3 nitrogen and oxygen atoms in total. The number of rotatable bonds is 1. The van der Waals surface area contributed by atoms with Crippen molar-refractivity contribution in [3.8, 4) is 0 Å². The van der Waals surface area contributed by atoms with Crippen molar-refractivity contribution in [1.82, 2.24) is 4.98 Å². The standard InChI is InChI=1S/C13H17N3/c1-13(2,3)16-12-7-5-9-4-6-10(14)8-11(9)15-12/h4-8H,14H2,1-3H3,(H,15,16). The van der Waals surface area contributed by atoms with Crippen LogP contribution in [-0.2, 0) is 0 Å². The minimum atomic E-state index is 0.0149. The maximum absolute atomic E-state index is 5.74. The van der Waals surface area contributed by atoms with Crippen LogP contribution >= 0.6 is 0 Å². The number of nitrogens with two attached hydrogens (primary N) is 1. The first-order valence-electron chi connectivity index (χ1n) is 5.38. The molecule has 0 aliphatic carbocycles. The first kappa shape index (κ1) is 10.7. The number of anilines is 2. The van der Waals surface area contributed by atoms with Crippen LogP contribution in [0.3, 0.4) is 0 Å². The zero-order chi connectivity index (χ0) is 11.8. The predicted octanol–water partition coefficient (Wildman–Crippen LogP) is 3.03. The molecule has 0 aliphatic rings. The van der Waals surface area contributed by atoms with Gasteiger partial charge in [0.05, 0.1) is 5.52 Å². The summed E-state index contributed by atoms with van der Waals surface area (Å²) in [5, 5.41) is 4.45. The van der Waals surface area contributed by atoms with Crippen LogP contribution in [0.5, 0.6) is 0 Å². The Bertz CT molecular complexity index is 512. The van der Waals surface area contributed by atoms with Crippen molar-refractivity contribution in [2.45, 2.75) is 26.3 Å². The van der Waals surface area contributed by atoms with E-state index in [1.807, 2.05) is 24.3 Å². The maximum atomic E-state index is 5.74. The Morgan fingerprint density at radius 3 is 2.50 bits per heavy atom. The minimum Gasteiger partial charge on any atom is -0.399 e. The number of benzene rings is 1. The van der Waals surface area contributed by atoms with E-state index in [2.05, 4.69) is 37.1 Å². The summed E-state index contributed by atoms with van der Waals surface area (Å²) in [6.45, 7) is 6.33. The Morgan fingerprint density at radius 2 is 1.81 bits per heavy atom. The topological polar surface area (TPSA) is 50.9 Å². The van der Waals surface area contributed by atoms with Gasteiger partial charge in [-0.1, -0.05) is 6.07 Å². The molecule has 1 aromatic heterocycles. The molecule has 0 saturated carbocycles. The zero-order valence-electron chi connectivity index (χ0n) is 9.91. The Balaban J connectivity index is 2.43. The second-order valence-corrected chi connectivity index (χ2v) is 5.02.